The molecule has 1 amide bonds. The molecule has 0 aromatic heterocycles. The number of Topliss-reactive ketones (excluding diaryl/α,β-unsaturated/α-hetero) is 1. The largest absolute Gasteiger partial charge is 0.489 e. The molecule has 0 unspecified atom stereocenters. The third kappa shape index (κ3) is 6.59. The van der Waals surface area contributed by atoms with E-state index >= 15 is 0 Å². The fraction of sp³-hybridized carbons (Fsp3) is 0.231. The van der Waals surface area contributed by atoms with Crippen LogP contribution in [0.25, 0.3) is 0 Å². The molecule has 154 valence electrons. The van der Waals surface area contributed by atoms with Crippen molar-refractivity contribution in [1.29, 1.82) is 0 Å². The first-order chi connectivity index (χ1) is 14.6. The summed E-state index contributed by atoms with van der Waals surface area (Å²) in [5.74, 6) is -0.154. The average Bonchev–Trinajstić information content (AvgIpc) is 2.78. The first kappa shape index (κ1) is 21.3. The van der Waals surface area contributed by atoms with E-state index in [4.69, 9.17) is 4.74 Å². The lowest BCUT2D eigenvalue weighted by molar-refractivity contribution is -0.136. The molecule has 3 rings (SSSR count). The fourth-order valence-corrected chi connectivity index (χ4v) is 3.20. The van der Waals surface area contributed by atoms with Crippen LogP contribution in [0.3, 0.4) is 0 Å². The SMILES string of the molecule is CC(=O)C(=O)NCCc1ccc(CCc2ccccc2)c(OCc2ccccc2)c1. The van der Waals surface area contributed by atoms with Crippen LogP contribution in [0.5, 0.6) is 5.75 Å². The molecule has 0 heterocycles. The van der Waals surface area contributed by atoms with Gasteiger partial charge < -0.3 is 10.1 Å². The summed E-state index contributed by atoms with van der Waals surface area (Å²) >= 11 is 0. The number of hydrogen-bond acceptors (Lipinski definition) is 3. The van der Waals surface area contributed by atoms with E-state index < -0.39 is 11.7 Å². The first-order valence-corrected chi connectivity index (χ1v) is 10.2. The van der Waals surface area contributed by atoms with Gasteiger partial charge in [0.25, 0.3) is 5.91 Å². The summed E-state index contributed by atoms with van der Waals surface area (Å²) in [5.41, 5.74) is 4.63. The minimum absolute atomic E-state index is 0.417. The molecule has 0 saturated heterocycles. The molecule has 0 bridgehead atoms. The Kier molecular flexibility index (Phi) is 7.78. The second-order valence-electron chi connectivity index (χ2n) is 7.26. The van der Waals surface area contributed by atoms with Crippen LogP contribution in [0.1, 0.15) is 29.2 Å². The molecule has 0 aliphatic heterocycles. The number of carbonyl (C=O) groups is 2. The molecule has 0 aliphatic rings. The maximum absolute atomic E-state index is 11.4. The van der Waals surface area contributed by atoms with Crippen LogP contribution in [0, 0.1) is 0 Å². The second kappa shape index (κ2) is 11.0. The highest BCUT2D eigenvalue weighted by Gasteiger charge is 2.09. The molecule has 1 N–H and O–H groups in total. The summed E-state index contributed by atoms with van der Waals surface area (Å²) in [6, 6.07) is 26.7. The Bertz CT molecular complexity index is 968. The third-order valence-corrected chi connectivity index (χ3v) is 4.91. The molecule has 0 atom stereocenters. The number of rotatable bonds is 10. The highest BCUT2D eigenvalue weighted by atomic mass is 16.5. The summed E-state index contributed by atoms with van der Waals surface area (Å²) < 4.78 is 6.18. The minimum Gasteiger partial charge on any atom is -0.489 e. The topological polar surface area (TPSA) is 55.4 Å². The van der Waals surface area contributed by atoms with Crippen molar-refractivity contribution in [2.75, 3.05) is 6.54 Å². The highest BCUT2D eigenvalue weighted by Crippen LogP contribution is 2.24. The zero-order valence-electron chi connectivity index (χ0n) is 17.3. The Morgan fingerprint density at radius 2 is 1.43 bits per heavy atom. The Balaban J connectivity index is 1.69. The van der Waals surface area contributed by atoms with Gasteiger partial charge in [-0.1, -0.05) is 72.8 Å². The number of ketones is 1. The molecule has 0 aliphatic carbocycles. The number of aryl methyl sites for hydroxylation is 2. The molecule has 30 heavy (non-hydrogen) atoms. The number of ether oxygens (including phenoxy) is 1. The molecule has 0 spiro atoms. The van der Waals surface area contributed by atoms with Crippen LogP contribution in [-0.2, 0) is 35.5 Å². The van der Waals surface area contributed by atoms with Gasteiger partial charge in [-0.25, -0.2) is 0 Å². The van der Waals surface area contributed by atoms with Crippen LogP contribution in [0.2, 0.25) is 0 Å². The average molecular weight is 402 g/mol. The van der Waals surface area contributed by atoms with Gasteiger partial charge in [-0.05, 0) is 47.6 Å². The van der Waals surface area contributed by atoms with E-state index in [1.54, 1.807) is 0 Å². The van der Waals surface area contributed by atoms with Gasteiger partial charge in [0, 0.05) is 13.5 Å². The number of nitrogens with one attached hydrogen (secondary N) is 1. The van der Waals surface area contributed by atoms with Crippen molar-refractivity contribution in [3.63, 3.8) is 0 Å². The van der Waals surface area contributed by atoms with Crippen molar-refractivity contribution in [3.8, 4) is 5.75 Å². The zero-order valence-corrected chi connectivity index (χ0v) is 17.3. The lowest BCUT2D eigenvalue weighted by atomic mass is 10.0. The highest BCUT2D eigenvalue weighted by molar-refractivity contribution is 6.35. The molecular formula is C26H27NO3. The lowest BCUT2D eigenvalue weighted by Crippen LogP contribution is -2.30. The summed E-state index contributed by atoms with van der Waals surface area (Å²) in [6.45, 7) is 2.19. The van der Waals surface area contributed by atoms with Gasteiger partial charge in [-0.3, -0.25) is 9.59 Å². The van der Waals surface area contributed by atoms with Crippen LogP contribution in [0.4, 0.5) is 0 Å². The monoisotopic (exact) mass is 401 g/mol. The molecule has 0 fully saturated rings. The minimum atomic E-state index is -0.546. The molecule has 4 heteroatoms. The van der Waals surface area contributed by atoms with Gasteiger partial charge >= 0.3 is 0 Å². The number of amides is 1. The third-order valence-electron chi connectivity index (χ3n) is 4.91. The number of carbonyl (C=O) groups excluding carboxylic acids is 2. The standard InChI is InChI=1S/C26H27NO3/c1-20(28)26(29)27-17-16-22-13-15-24(14-12-21-8-4-2-5-9-21)25(18-22)30-19-23-10-6-3-7-11-23/h2-11,13,15,18H,12,14,16-17,19H2,1H3,(H,27,29). The van der Waals surface area contributed by atoms with Crippen molar-refractivity contribution >= 4 is 11.7 Å². The maximum atomic E-state index is 11.4. The predicted molar refractivity (Wildman–Crippen MR) is 118 cm³/mol. The van der Waals surface area contributed by atoms with E-state index in [1.165, 1.54) is 12.5 Å². The molecule has 3 aromatic carbocycles. The van der Waals surface area contributed by atoms with Crippen LogP contribution in [-0.4, -0.2) is 18.2 Å². The van der Waals surface area contributed by atoms with E-state index in [0.29, 0.717) is 19.6 Å². The summed E-state index contributed by atoms with van der Waals surface area (Å²) in [4.78, 5) is 22.5. The van der Waals surface area contributed by atoms with Crippen molar-refractivity contribution in [2.45, 2.75) is 32.8 Å². The van der Waals surface area contributed by atoms with Gasteiger partial charge in [0.1, 0.15) is 12.4 Å². The van der Waals surface area contributed by atoms with Crippen molar-refractivity contribution in [1.82, 2.24) is 5.32 Å². The van der Waals surface area contributed by atoms with Crippen molar-refractivity contribution in [2.24, 2.45) is 0 Å². The predicted octanol–water partition coefficient (Wildman–Crippen LogP) is 4.30. The number of benzene rings is 3. The first-order valence-electron chi connectivity index (χ1n) is 10.2. The molecule has 4 nitrogen and oxygen atoms in total. The van der Waals surface area contributed by atoms with E-state index in [0.717, 1.165) is 35.3 Å². The maximum Gasteiger partial charge on any atom is 0.287 e. The zero-order chi connectivity index (χ0) is 21.2. The quantitative estimate of drug-likeness (QED) is 0.516. The normalized spacial score (nSPS) is 10.4. The lowest BCUT2D eigenvalue weighted by Gasteiger charge is -2.14. The molecular weight excluding hydrogens is 374 g/mol. The van der Waals surface area contributed by atoms with E-state index in [1.807, 2.05) is 42.5 Å². The van der Waals surface area contributed by atoms with Crippen LogP contribution < -0.4 is 10.1 Å². The Labute approximate surface area is 177 Å². The van der Waals surface area contributed by atoms with Crippen molar-refractivity contribution in [3.05, 3.63) is 101 Å². The van der Waals surface area contributed by atoms with E-state index in [-0.39, 0.29) is 0 Å². The fourth-order valence-electron chi connectivity index (χ4n) is 3.20. The smallest absolute Gasteiger partial charge is 0.287 e. The van der Waals surface area contributed by atoms with Crippen LogP contribution >= 0.6 is 0 Å². The van der Waals surface area contributed by atoms with E-state index in [9.17, 15) is 9.59 Å². The van der Waals surface area contributed by atoms with Crippen LogP contribution in [0.15, 0.2) is 78.9 Å². The van der Waals surface area contributed by atoms with E-state index in [2.05, 4.69) is 41.7 Å². The Morgan fingerprint density at radius 3 is 2.10 bits per heavy atom. The summed E-state index contributed by atoms with van der Waals surface area (Å²) in [5, 5.41) is 2.64. The van der Waals surface area contributed by atoms with Gasteiger partial charge in [-0.15, -0.1) is 0 Å². The van der Waals surface area contributed by atoms with Gasteiger partial charge in [0.2, 0.25) is 5.78 Å². The van der Waals surface area contributed by atoms with Gasteiger partial charge in [0.05, 0.1) is 0 Å². The Hall–Kier alpha value is -3.40. The summed E-state index contributed by atoms with van der Waals surface area (Å²) in [6.07, 6.45) is 2.46. The second-order valence-corrected chi connectivity index (χ2v) is 7.26. The summed E-state index contributed by atoms with van der Waals surface area (Å²) in [7, 11) is 0. The van der Waals surface area contributed by atoms with Crippen molar-refractivity contribution < 1.29 is 14.3 Å². The molecule has 0 saturated carbocycles. The van der Waals surface area contributed by atoms with Gasteiger partial charge in [-0.2, -0.15) is 0 Å². The number of hydrogen-bond donors (Lipinski definition) is 1. The Morgan fingerprint density at radius 1 is 0.767 bits per heavy atom. The van der Waals surface area contributed by atoms with Gasteiger partial charge in [0.15, 0.2) is 0 Å². The molecule has 3 aromatic rings. The molecule has 0 radical (unpaired) electrons.